The van der Waals surface area contributed by atoms with Crippen LogP contribution >= 0.6 is 18.5 Å². The Kier molecular flexibility index (Phi) is 3.58. The van der Waals surface area contributed by atoms with E-state index in [-0.39, 0.29) is 11.1 Å². The van der Waals surface area contributed by atoms with Crippen LogP contribution in [-0.4, -0.2) is 5.66 Å². The van der Waals surface area contributed by atoms with Crippen LogP contribution in [0.3, 0.4) is 0 Å². The Morgan fingerprint density at radius 3 is 2.50 bits per heavy atom. The Morgan fingerprint density at radius 2 is 1.91 bits per heavy atom. The molecule has 0 radical (unpaired) electrons. The van der Waals surface area contributed by atoms with E-state index in [1.54, 1.807) is 11.3 Å². The van der Waals surface area contributed by atoms with E-state index in [9.17, 15) is 4.57 Å². The zero-order valence-electron chi connectivity index (χ0n) is 13.9. The van der Waals surface area contributed by atoms with Gasteiger partial charge in [-0.15, -0.1) is 11.3 Å². The van der Waals surface area contributed by atoms with Gasteiger partial charge in [0.1, 0.15) is 7.14 Å². The molecule has 0 fully saturated rings. The minimum absolute atomic E-state index is 0.0603. The third-order valence-corrected chi connectivity index (χ3v) is 10.4. The lowest BCUT2D eigenvalue weighted by Gasteiger charge is -2.38. The van der Waals surface area contributed by atoms with Gasteiger partial charge in [-0.25, -0.2) is 0 Å². The summed E-state index contributed by atoms with van der Waals surface area (Å²) >= 11 is 1.75. The number of nitrogen functional groups attached to an aromatic ring is 1. The summed E-state index contributed by atoms with van der Waals surface area (Å²) in [6, 6.07) is 8.23. The molecular weight excluding hydrogens is 309 g/mol. The lowest BCUT2D eigenvalue weighted by atomic mass is 9.82. The summed E-state index contributed by atoms with van der Waals surface area (Å²) < 4.78 is 14.1. The number of nitrogens with two attached hydrogens (primary N) is 1. The Morgan fingerprint density at radius 1 is 1.27 bits per heavy atom. The van der Waals surface area contributed by atoms with Gasteiger partial charge < -0.3 is 10.3 Å². The highest BCUT2D eigenvalue weighted by Crippen LogP contribution is 2.59. The molecule has 22 heavy (non-hydrogen) atoms. The molecule has 1 aliphatic heterocycles. The van der Waals surface area contributed by atoms with Gasteiger partial charge in [-0.1, -0.05) is 58.9 Å². The molecule has 2 aromatic rings. The Labute approximate surface area is 137 Å². The minimum atomic E-state index is -2.69. The van der Waals surface area contributed by atoms with E-state index < -0.39 is 7.14 Å². The fraction of sp³-hybridized carbons (Fsp3) is 0.444. The summed E-state index contributed by atoms with van der Waals surface area (Å²) in [6.07, 6.45) is 0.897. The van der Waals surface area contributed by atoms with E-state index in [0.717, 1.165) is 22.7 Å². The first kappa shape index (κ1) is 15.8. The van der Waals surface area contributed by atoms with Gasteiger partial charge in [0.15, 0.2) is 0 Å². The van der Waals surface area contributed by atoms with Crippen molar-refractivity contribution in [3.8, 4) is 0 Å². The average Bonchev–Trinajstić information content (AvgIpc) is 2.83. The lowest BCUT2D eigenvalue weighted by molar-refractivity contribution is 0.576. The molecule has 118 valence electrons. The number of rotatable bonds is 2. The van der Waals surface area contributed by atoms with Gasteiger partial charge in [0.2, 0.25) is 0 Å². The molecule has 0 saturated carbocycles. The second-order valence-electron chi connectivity index (χ2n) is 6.86. The molecule has 1 atom stereocenters. The molecule has 2 heterocycles. The van der Waals surface area contributed by atoms with Crippen LogP contribution in [0.25, 0.3) is 0 Å². The molecule has 4 heteroatoms. The van der Waals surface area contributed by atoms with Gasteiger partial charge >= 0.3 is 0 Å². The molecule has 1 unspecified atom stereocenters. The number of benzene rings is 1. The third-order valence-electron chi connectivity index (χ3n) is 4.88. The lowest BCUT2D eigenvalue weighted by Crippen LogP contribution is -2.40. The topological polar surface area (TPSA) is 43.1 Å². The van der Waals surface area contributed by atoms with Crippen molar-refractivity contribution in [2.75, 3.05) is 5.73 Å². The molecule has 1 aromatic carbocycles. The summed E-state index contributed by atoms with van der Waals surface area (Å²) in [5, 5.41) is 1.96. The Hall–Kier alpha value is -1.05. The zero-order valence-corrected chi connectivity index (χ0v) is 15.6. The van der Waals surface area contributed by atoms with E-state index >= 15 is 0 Å². The number of hydrogen-bond donors (Lipinski definition) is 1. The second kappa shape index (κ2) is 4.97. The normalized spacial score (nSPS) is 22.5. The van der Waals surface area contributed by atoms with Crippen molar-refractivity contribution < 1.29 is 4.57 Å². The monoisotopic (exact) mass is 333 g/mol. The first-order chi connectivity index (χ1) is 10.3. The van der Waals surface area contributed by atoms with Gasteiger partial charge in [-0.05, 0) is 12.0 Å². The zero-order chi connectivity index (χ0) is 16.3. The number of aryl methyl sites for hydroxylation is 1. The number of anilines is 1. The molecule has 1 aliphatic rings. The molecule has 2 nitrogen and oxygen atoms in total. The largest absolute Gasteiger partial charge is 0.397 e. The maximum Gasteiger partial charge on any atom is 0.149 e. The molecular formula is C18H24NOPS. The summed E-state index contributed by atoms with van der Waals surface area (Å²) in [7, 11) is -2.69. The Bertz CT molecular complexity index is 788. The fourth-order valence-corrected chi connectivity index (χ4v) is 8.77. The van der Waals surface area contributed by atoms with Crippen molar-refractivity contribution in [3.05, 3.63) is 39.6 Å². The highest BCUT2D eigenvalue weighted by Gasteiger charge is 2.48. The molecule has 3 rings (SSSR count). The number of thiophene rings is 1. The van der Waals surface area contributed by atoms with Gasteiger partial charge in [0, 0.05) is 26.1 Å². The fourth-order valence-electron chi connectivity index (χ4n) is 3.57. The van der Waals surface area contributed by atoms with Crippen LogP contribution in [-0.2, 0) is 16.4 Å². The van der Waals surface area contributed by atoms with E-state index in [2.05, 4.69) is 40.7 Å². The SMILES string of the molecule is CCc1sc2c(c1N)P(=O)(C(C)C)c1ccccc1C2(C)C. The predicted octanol–water partition coefficient (Wildman–Crippen LogP) is 4.25. The van der Waals surface area contributed by atoms with E-state index in [4.69, 9.17) is 5.73 Å². The Balaban J connectivity index is 2.48. The van der Waals surface area contributed by atoms with Crippen LogP contribution < -0.4 is 16.3 Å². The minimum Gasteiger partial charge on any atom is -0.397 e. The molecule has 2 N–H and O–H groups in total. The van der Waals surface area contributed by atoms with Crippen LogP contribution in [0, 0.1) is 0 Å². The van der Waals surface area contributed by atoms with E-state index in [1.165, 1.54) is 15.3 Å². The number of hydrogen-bond acceptors (Lipinski definition) is 3. The van der Waals surface area contributed by atoms with E-state index in [1.807, 2.05) is 18.2 Å². The first-order valence-corrected chi connectivity index (χ1v) is 10.5. The van der Waals surface area contributed by atoms with Crippen LogP contribution in [0.4, 0.5) is 5.69 Å². The van der Waals surface area contributed by atoms with Gasteiger partial charge in [-0.2, -0.15) is 0 Å². The molecule has 0 spiro atoms. The van der Waals surface area contributed by atoms with Crippen molar-refractivity contribution in [1.82, 2.24) is 0 Å². The summed E-state index contributed by atoms with van der Waals surface area (Å²) in [5.74, 6) is 0. The average molecular weight is 333 g/mol. The first-order valence-electron chi connectivity index (χ1n) is 7.88. The highest BCUT2D eigenvalue weighted by atomic mass is 32.1. The highest BCUT2D eigenvalue weighted by molar-refractivity contribution is 7.80. The standard InChI is InChI=1S/C18H24NOPS/c1-6-14-15(19)16-17(22-14)18(4,5)12-9-7-8-10-13(12)21(16,20)11(2)3/h7-11H,6,19H2,1-5H3. The van der Waals surface area contributed by atoms with Crippen molar-refractivity contribution in [2.45, 2.75) is 52.1 Å². The third kappa shape index (κ3) is 1.82. The van der Waals surface area contributed by atoms with Crippen LogP contribution in [0.1, 0.15) is 49.9 Å². The van der Waals surface area contributed by atoms with Crippen molar-refractivity contribution >= 4 is 34.8 Å². The smallest absolute Gasteiger partial charge is 0.149 e. The van der Waals surface area contributed by atoms with Gasteiger partial charge in [0.25, 0.3) is 0 Å². The second-order valence-corrected chi connectivity index (χ2v) is 11.2. The van der Waals surface area contributed by atoms with Crippen molar-refractivity contribution in [3.63, 3.8) is 0 Å². The quantitative estimate of drug-likeness (QED) is 0.835. The van der Waals surface area contributed by atoms with Crippen LogP contribution in [0.15, 0.2) is 24.3 Å². The van der Waals surface area contributed by atoms with Crippen molar-refractivity contribution in [2.24, 2.45) is 0 Å². The molecule has 0 saturated heterocycles. The van der Waals surface area contributed by atoms with Gasteiger partial charge in [0.05, 0.1) is 11.0 Å². The number of fused-ring (bicyclic) bond motifs is 2. The maximum atomic E-state index is 14.1. The summed E-state index contributed by atoms with van der Waals surface area (Å²) in [5.41, 5.74) is 8.36. The van der Waals surface area contributed by atoms with E-state index in [0.29, 0.717) is 0 Å². The van der Waals surface area contributed by atoms with Crippen LogP contribution in [0.5, 0.6) is 0 Å². The summed E-state index contributed by atoms with van der Waals surface area (Å²) in [6.45, 7) is 10.7. The predicted molar refractivity (Wildman–Crippen MR) is 98.7 cm³/mol. The van der Waals surface area contributed by atoms with Crippen molar-refractivity contribution in [1.29, 1.82) is 0 Å². The van der Waals surface area contributed by atoms with Crippen LogP contribution in [0.2, 0.25) is 0 Å². The molecule has 0 aliphatic carbocycles. The maximum absolute atomic E-state index is 14.1. The molecule has 0 bridgehead atoms. The molecule has 0 amide bonds. The van der Waals surface area contributed by atoms with Gasteiger partial charge in [-0.3, -0.25) is 0 Å². The molecule has 1 aromatic heterocycles. The summed E-state index contributed by atoms with van der Waals surface area (Å²) in [4.78, 5) is 2.38.